The first kappa shape index (κ1) is 22.9. The highest BCUT2D eigenvalue weighted by atomic mass is 19.4. The monoisotopic (exact) mass is 483 g/mol. The number of rotatable bonds is 7. The number of halogens is 3. The van der Waals surface area contributed by atoms with Gasteiger partial charge in [-0.25, -0.2) is 15.0 Å². The van der Waals surface area contributed by atoms with Gasteiger partial charge in [-0.1, -0.05) is 24.3 Å². The van der Waals surface area contributed by atoms with Crippen LogP contribution in [0.2, 0.25) is 0 Å². The van der Waals surface area contributed by atoms with Gasteiger partial charge in [-0.05, 0) is 30.9 Å². The number of imidazole rings is 1. The molecule has 3 heterocycles. The Balaban J connectivity index is 1.35. The topological polar surface area (TPSA) is 82.7 Å². The van der Waals surface area contributed by atoms with E-state index < -0.39 is 11.9 Å². The van der Waals surface area contributed by atoms with E-state index >= 15 is 0 Å². The van der Waals surface area contributed by atoms with Crippen LogP contribution in [0.15, 0.2) is 42.9 Å². The first-order chi connectivity index (χ1) is 16.7. The van der Waals surface area contributed by atoms with Crippen LogP contribution in [0, 0.1) is 6.92 Å². The summed E-state index contributed by atoms with van der Waals surface area (Å²) >= 11 is 0. The first-order valence-electron chi connectivity index (χ1n) is 11.1. The molecule has 0 atom stereocenters. The fourth-order valence-electron chi connectivity index (χ4n) is 3.91. The van der Waals surface area contributed by atoms with Gasteiger partial charge in [0, 0.05) is 25.4 Å². The quantitative estimate of drug-likeness (QED) is 0.397. The van der Waals surface area contributed by atoms with Crippen molar-refractivity contribution in [3.8, 4) is 28.7 Å². The molecule has 8 nitrogen and oxygen atoms in total. The lowest BCUT2D eigenvalue weighted by molar-refractivity contribution is -0.140. The van der Waals surface area contributed by atoms with Gasteiger partial charge in [0.15, 0.2) is 23.1 Å². The highest BCUT2D eigenvalue weighted by Gasteiger charge is 2.34. The summed E-state index contributed by atoms with van der Waals surface area (Å²) in [7, 11) is 3.10. The third-order valence-corrected chi connectivity index (χ3v) is 5.90. The number of aryl methyl sites for hydroxylation is 2. The Morgan fingerprint density at radius 3 is 2.49 bits per heavy atom. The van der Waals surface area contributed by atoms with Gasteiger partial charge in [-0.2, -0.15) is 18.3 Å². The van der Waals surface area contributed by atoms with Gasteiger partial charge >= 0.3 is 6.18 Å². The molecule has 0 bridgehead atoms. The summed E-state index contributed by atoms with van der Waals surface area (Å²) in [5.41, 5.74) is 2.51. The number of nitrogens with one attached hydrogen (secondary N) is 1. The molecule has 0 radical (unpaired) electrons. The minimum Gasteiger partial charge on any atom is -0.491 e. The molecule has 1 aliphatic carbocycles. The molecule has 35 heavy (non-hydrogen) atoms. The van der Waals surface area contributed by atoms with Crippen molar-refractivity contribution in [2.24, 2.45) is 7.05 Å². The molecule has 5 rings (SSSR count). The molecular weight excluding hydrogens is 459 g/mol. The maximum Gasteiger partial charge on any atom is 0.434 e. The molecule has 1 aliphatic rings. The zero-order chi connectivity index (χ0) is 24.7. The highest BCUT2D eigenvalue weighted by Crippen LogP contribution is 2.38. The van der Waals surface area contributed by atoms with Gasteiger partial charge in [0.2, 0.25) is 0 Å². The van der Waals surface area contributed by atoms with E-state index in [4.69, 9.17) is 9.72 Å². The van der Waals surface area contributed by atoms with Crippen molar-refractivity contribution >= 4 is 5.82 Å². The standard InChI is InChI=1S/C24H24F3N7O/c1-14-10-30-34(17-8-9-17)20(14)22-29-12-18(35-3)21(32-22)28-11-15-4-6-16(7-5-15)23-31-19(13-33(23)2)24(25,26)27/h4-7,10,12-13,17H,8-9,11H2,1-3H3,(H,28,29,32). The van der Waals surface area contributed by atoms with E-state index in [9.17, 15) is 13.2 Å². The van der Waals surface area contributed by atoms with E-state index in [2.05, 4.69) is 20.4 Å². The molecule has 11 heteroatoms. The molecule has 0 unspecified atom stereocenters. The third-order valence-electron chi connectivity index (χ3n) is 5.90. The average Bonchev–Trinajstić information content (AvgIpc) is 3.49. The Morgan fingerprint density at radius 2 is 1.86 bits per heavy atom. The van der Waals surface area contributed by atoms with Crippen LogP contribution in [0.4, 0.5) is 19.0 Å². The molecule has 1 N–H and O–H groups in total. The number of hydrogen-bond acceptors (Lipinski definition) is 6. The zero-order valence-corrected chi connectivity index (χ0v) is 19.5. The molecule has 0 spiro atoms. The van der Waals surface area contributed by atoms with Crippen LogP contribution >= 0.6 is 0 Å². The highest BCUT2D eigenvalue weighted by molar-refractivity contribution is 5.61. The summed E-state index contributed by atoms with van der Waals surface area (Å²) in [6.45, 7) is 2.42. The number of ether oxygens (including phenoxy) is 1. The molecule has 3 aromatic heterocycles. The minimum absolute atomic E-state index is 0.251. The molecule has 1 saturated carbocycles. The Bertz CT molecular complexity index is 1350. The van der Waals surface area contributed by atoms with Crippen molar-refractivity contribution in [2.45, 2.75) is 38.5 Å². The number of hydrogen-bond donors (Lipinski definition) is 1. The molecule has 1 aromatic carbocycles. The molecule has 0 saturated heterocycles. The molecule has 1 fully saturated rings. The summed E-state index contributed by atoms with van der Waals surface area (Å²) in [4.78, 5) is 12.9. The van der Waals surface area contributed by atoms with Crippen molar-refractivity contribution < 1.29 is 17.9 Å². The SMILES string of the molecule is COc1cnc(-c2c(C)cnn2C2CC2)nc1NCc1ccc(-c2nc(C(F)(F)F)cn2C)cc1. The lowest BCUT2D eigenvalue weighted by atomic mass is 10.1. The van der Waals surface area contributed by atoms with Gasteiger partial charge < -0.3 is 14.6 Å². The maximum absolute atomic E-state index is 13.0. The van der Waals surface area contributed by atoms with Gasteiger partial charge in [0.05, 0.1) is 25.5 Å². The Morgan fingerprint density at radius 1 is 1.11 bits per heavy atom. The van der Waals surface area contributed by atoms with E-state index in [1.807, 2.05) is 29.9 Å². The summed E-state index contributed by atoms with van der Waals surface area (Å²) in [6, 6.07) is 7.57. The number of alkyl halides is 3. The molecule has 0 aliphatic heterocycles. The third kappa shape index (κ3) is 4.58. The van der Waals surface area contributed by atoms with Gasteiger partial charge in [-0.15, -0.1) is 0 Å². The summed E-state index contributed by atoms with van der Waals surface area (Å²) in [6.07, 6.45) is 2.17. The summed E-state index contributed by atoms with van der Waals surface area (Å²) < 4.78 is 47.7. The van der Waals surface area contributed by atoms with Crippen LogP contribution in [0.1, 0.15) is 35.7 Å². The largest absolute Gasteiger partial charge is 0.491 e. The maximum atomic E-state index is 13.0. The lowest BCUT2D eigenvalue weighted by Gasteiger charge is -2.13. The van der Waals surface area contributed by atoms with Crippen LogP contribution in [-0.2, 0) is 19.8 Å². The Hall–Kier alpha value is -3.89. The van der Waals surface area contributed by atoms with Crippen LogP contribution < -0.4 is 10.1 Å². The van der Waals surface area contributed by atoms with Crippen LogP contribution in [0.25, 0.3) is 22.9 Å². The van der Waals surface area contributed by atoms with E-state index in [1.54, 1.807) is 32.5 Å². The predicted molar refractivity (Wildman–Crippen MR) is 124 cm³/mol. The van der Waals surface area contributed by atoms with E-state index in [-0.39, 0.29) is 5.82 Å². The fourth-order valence-corrected chi connectivity index (χ4v) is 3.91. The van der Waals surface area contributed by atoms with Crippen molar-refractivity contribution in [2.75, 3.05) is 12.4 Å². The van der Waals surface area contributed by atoms with Gasteiger partial charge in [-0.3, -0.25) is 4.68 Å². The van der Waals surface area contributed by atoms with Crippen molar-refractivity contribution in [1.29, 1.82) is 0 Å². The summed E-state index contributed by atoms with van der Waals surface area (Å²) in [5.74, 6) is 1.87. The predicted octanol–water partition coefficient (Wildman–Crippen LogP) is 5.02. The van der Waals surface area contributed by atoms with E-state index in [1.165, 1.54) is 4.57 Å². The Kier molecular flexibility index (Phi) is 5.70. The first-order valence-corrected chi connectivity index (χ1v) is 11.1. The molecular formula is C24H24F3N7O. The van der Waals surface area contributed by atoms with Crippen LogP contribution in [0.3, 0.4) is 0 Å². The van der Waals surface area contributed by atoms with Crippen LogP contribution in [0.5, 0.6) is 5.75 Å². The van der Waals surface area contributed by atoms with Crippen LogP contribution in [-0.4, -0.2) is 36.4 Å². The number of anilines is 1. The minimum atomic E-state index is -4.48. The van der Waals surface area contributed by atoms with E-state index in [0.29, 0.717) is 35.5 Å². The molecule has 4 aromatic rings. The second-order valence-electron chi connectivity index (χ2n) is 8.57. The number of methoxy groups -OCH3 is 1. The smallest absolute Gasteiger partial charge is 0.434 e. The fraction of sp³-hybridized carbons (Fsp3) is 0.333. The lowest BCUT2D eigenvalue weighted by Crippen LogP contribution is -2.07. The number of aromatic nitrogens is 6. The second-order valence-corrected chi connectivity index (χ2v) is 8.57. The number of nitrogens with zero attached hydrogens (tertiary/aromatic N) is 6. The van der Waals surface area contributed by atoms with Gasteiger partial charge in [0.25, 0.3) is 0 Å². The second kappa shape index (κ2) is 8.71. The van der Waals surface area contributed by atoms with Crippen molar-refractivity contribution in [3.05, 3.63) is 59.7 Å². The normalized spacial score (nSPS) is 13.8. The van der Waals surface area contributed by atoms with Gasteiger partial charge in [0.1, 0.15) is 11.5 Å². The zero-order valence-electron chi connectivity index (χ0n) is 19.5. The molecule has 0 amide bonds. The number of benzene rings is 1. The summed E-state index contributed by atoms with van der Waals surface area (Å²) in [5, 5.41) is 7.78. The Labute approximate surface area is 199 Å². The molecule has 182 valence electrons. The van der Waals surface area contributed by atoms with E-state index in [0.717, 1.165) is 35.9 Å². The van der Waals surface area contributed by atoms with Crippen molar-refractivity contribution in [3.63, 3.8) is 0 Å². The average molecular weight is 483 g/mol. The van der Waals surface area contributed by atoms with Crippen molar-refractivity contribution in [1.82, 2.24) is 29.3 Å².